The molecule has 0 spiro atoms. The van der Waals surface area contributed by atoms with Crippen molar-refractivity contribution in [3.05, 3.63) is 46.1 Å². The third kappa shape index (κ3) is 2.52. The van der Waals surface area contributed by atoms with E-state index in [9.17, 15) is 0 Å². The second kappa shape index (κ2) is 4.92. The van der Waals surface area contributed by atoms with Crippen LogP contribution in [0.5, 0.6) is 0 Å². The Morgan fingerprint density at radius 1 is 1.18 bits per heavy atom. The molecule has 0 atom stereocenters. The smallest absolute Gasteiger partial charge is 0.0935 e. The minimum absolute atomic E-state index is 0.129. The molecule has 0 saturated heterocycles. The average Bonchev–Trinajstić information content (AvgIpc) is 2.28. The first-order chi connectivity index (χ1) is 8.11. The van der Waals surface area contributed by atoms with Gasteiger partial charge in [0.25, 0.3) is 0 Å². The maximum absolute atomic E-state index is 9.14. The maximum atomic E-state index is 9.14. The SMILES string of the molecule is Nc1c(CO)ccnc1-c1cc(Cl)cc(Cl)c1. The number of nitrogen functional groups attached to an aromatic ring is 1. The van der Waals surface area contributed by atoms with Crippen molar-refractivity contribution in [2.45, 2.75) is 6.61 Å². The molecule has 3 N–H and O–H groups in total. The Bertz CT molecular complexity index is 538. The van der Waals surface area contributed by atoms with Crippen LogP contribution in [0.3, 0.4) is 0 Å². The van der Waals surface area contributed by atoms with E-state index in [1.54, 1.807) is 30.5 Å². The van der Waals surface area contributed by atoms with Gasteiger partial charge in [0.15, 0.2) is 0 Å². The van der Waals surface area contributed by atoms with Crippen molar-refractivity contribution >= 4 is 28.9 Å². The van der Waals surface area contributed by atoms with E-state index in [1.807, 2.05) is 0 Å². The molecule has 2 aromatic rings. The Morgan fingerprint density at radius 2 is 1.82 bits per heavy atom. The van der Waals surface area contributed by atoms with Crippen LogP contribution < -0.4 is 5.73 Å². The number of aliphatic hydroxyl groups excluding tert-OH is 1. The van der Waals surface area contributed by atoms with Crippen LogP contribution in [0.15, 0.2) is 30.5 Å². The number of hydrogen-bond acceptors (Lipinski definition) is 3. The van der Waals surface area contributed by atoms with Crippen LogP contribution in [0.1, 0.15) is 5.56 Å². The van der Waals surface area contributed by atoms with E-state index < -0.39 is 0 Å². The fraction of sp³-hybridized carbons (Fsp3) is 0.0833. The minimum atomic E-state index is -0.129. The molecule has 0 amide bonds. The number of hydrogen-bond donors (Lipinski definition) is 2. The summed E-state index contributed by atoms with van der Waals surface area (Å²) in [6.45, 7) is -0.129. The Labute approximate surface area is 109 Å². The molecule has 0 aliphatic rings. The van der Waals surface area contributed by atoms with Gasteiger partial charge in [0, 0.05) is 27.4 Å². The molecule has 88 valence electrons. The van der Waals surface area contributed by atoms with E-state index >= 15 is 0 Å². The summed E-state index contributed by atoms with van der Waals surface area (Å²) in [5.74, 6) is 0. The van der Waals surface area contributed by atoms with Gasteiger partial charge in [-0.05, 0) is 24.3 Å². The fourth-order valence-corrected chi connectivity index (χ4v) is 2.10. The molecule has 0 radical (unpaired) electrons. The lowest BCUT2D eigenvalue weighted by Crippen LogP contribution is -1.99. The van der Waals surface area contributed by atoms with Crippen LogP contribution in [0, 0.1) is 0 Å². The number of nitrogens with two attached hydrogens (primary N) is 1. The Hall–Kier alpha value is -1.29. The molecule has 0 saturated carbocycles. The molecule has 0 fully saturated rings. The lowest BCUT2D eigenvalue weighted by Gasteiger charge is -2.09. The van der Waals surface area contributed by atoms with Crippen molar-refractivity contribution in [1.29, 1.82) is 0 Å². The highest BCUT2D eigenvalue weighted by Gasteiger charge is 2.09. The molecular formula is C12H10Cl2N2O. The van der Waals surface area contributed by atoms with Gasteiger partial charge >= 0.3 is 0 Å². The van der Waals surface area contributed by atoms with E-state index in [0.29, 0.717) is 27.0 Å². The number of nitrogens with zero attached hydrogens (tertiary/aromatic N) is 1. The van der Waals surface area contributed by atoms with Gasteiger partial charge < -0.3 is 10.8 Å². The number of aliphatic hydroxyl groups is 1. The Morgan fingerprint density at radius 3 is 2.41 bits per heavy atom. The summed E-state index contributed by atoms with van der Waals surface area (Å²) >= 11 is 11.8. The molecule has 0 bridgehead atoms. The number of pyridine rings is 1. The molecule has 1 aromatic carbocycles. The highest BCUT2D eigenvalue weighted by molar-refractivity contribution is 6.35. The van der Waals surface area contributed by atoms with Gasteiger partial charge in [0.1, 0.15) is 0 Å². The first kappa shape index (κ1) is 12.2. The third-order valence-corrected chi connectivity index (χ3v) is 2.82. The summed E-state index contributed by atoms with van der Waals surface area (Å²) in [6, 6.07) is 6.77. The summed E-state index contributed by atoms with van der Waals surface area (Å²) in [6.07, 6.45) is 1.59. The monoisotopic (exact) mass is 268 g/mol. The number of rotatable bonds is 2. The lowest BCUT2D eigenvalue weighted by molar-refractivity contribution is 0.282. The molecule has 5 heteroatoms. The van der Waals surface area contributed by atoms with Gasteiger partial charge in [-0.15, -0.1) is 0 Å². The van der Waals surface area contributed by atoms with Crippen molar-refractivity contribution in [2.75, 3.05) is 5.73 Å². The molecular weight excluding hydrogens is 259 g/mol. The summed E-state index contributed by atoms with van der Waals surface area (Å²) < 4.78 is 0. The molecule has 17 heavy (non-hydrogen) atoms. The zero-order valence-electron chi connectivity index (χ0n) is 8.82. The molecule has 1 aromatic heterocycles. The van der Waals surface area contributed by atoms with Gasteiger partial charge in [0.05, 0.1) is 18.0 Å². The minimum Gasteiger partial charge on any atom is -0.397 e. The van der Waals surface area contributed by atoms with Gasteiger partial charge in [0.2, 0.25) is 0 Å². The van der Waals surface area contributed by atoms with Crippen molar-refractivity contribution in [2.24, 2.45) is 0 Å². The van der Waals surface area contributed by atoms with E-state index in [0.717, 1.165) is 5.56 Å². The zero-order chi connectivity index (χ0) is 12.4. The highest BCUT2D eigenvalue weighted by atomic mass is 35.5. The predicted molar refractivity (Wildman–Crippen MR) is 70.0 cm³/mol. The summed E-state index contributed by atoms with van der Waals surface area (Å²) in [7, 11) is 0. The number of benzene rings is 1. The van der Waals surface area contributed by atoms with E-state index in [2.05, 4.69) is 4.98 Å². The van der Waals surface area contributed by atoms with Crippen LogP contribution in [0.2, 0.25) is 10.0 Å². The number of aromatic nitrogens is 1. The largest absolute Gasteiger partial charge is 0.397 e. The van der Waals surface area contributed by atoms with Gasteiger partial charge in [-0.25, -0.2) is 0 Å². The van der Waals surface area contributed by atoms with Crippen LogP contribution in [0.4, 0.5) is 5.69 Å². The van der Waals surface area contributed by atoms with Crippen molar-refractivity contribution in [3.8, 4) is 11.3 Å². The highest BCUT2D eigenvalue weighted by Crippen LogP contribution is 2.30. The first-order valence-corrected chi connectivity index (χ1v) is 5.68. The van der Waals surface area contributed by atoms with E-state index in [1.165, 1.54) is 0 Å². The molecule has 0 unspecified atom stereocenters. The van der Waals surface area contributed by atoms with Crippen molar-refractivity contribution < 1.29 is 5.11 Å². The standard InChI is InChI=1S/C12H10Cl2N2O/c13-9-3-8(4-10(14)5-9)12-11(15)7(6-17)1-2-16-12/h1-5,17H,6,15H2. The van der Waals surface area contributed by atoms with Crippen LogP contribution in [0.25, 0.3) is 11.3 Å². The van der Waals surface area contributed by atoms with Crippen LogP contribution in [-0.2, 0) is 6.61 Å². The van der Waals surface area contributed by atoms with Crippen LogP contribution >= 0.6 is 23.2 Å². The van der Waals surface area contributed by atoms with E-state index in [4.69, 9.17) is 34.0 Å². The summed E-state index contributed by atoms with van der Waals surface area (Å²) in [5, 5.41) is 10.2. The third-order valence-electron chi connectivity index (χ3n) is 2.39. The van der Waals surface area contributed by atoms with Gasteiger partial charge in [-0.2, -0.15) is 0 Å². The molecule has 0 aliphatic carbocycles. The zero-order valence-corrected chi connectivity index (χ0v) is 10.3. The molecule has 1 heterocycles. The van der Waals surface area contributed by atoms with Gasteiger partial charge in [-0.3, -0.25) is 4.98 Å². The second-order valence-electron chi connectivity index (χ2n) is 3.55. The van der Waals surface area contributed by atoms with Crippen LogP contribution in [-0.4, -0.2) is 10.1 Å². The topological polar surface area (TPSA) is 59.1 Å². The lowest BCUT2D eigenvalue weighted by atomic mass is 10.1. The predicted octanol–water partition coefficient (Wildman–Crippen LogP) is 3.13. The maximum Gasteiger partial charge on any atom is 0.0935 e. The first-order valence-electron chi connectivity index (χ1n) is 4.92. The summed E-state index contributed by atoms with van der Waals surface area (Å²) in [5.41, 5.74) is 8.29. The number of halogens is 2. The number of anilines is 1. The van der Waals surface area contributed by atoms with Gasteiger partial charge in [-0.1, -0.05) is 23.2 Å². The van der Waals surface area contributed by atoms with Crippen molar-refractivity contribution in [1.82, 2.24) is 4.98 Å². The average molecular weight is 269 g/mol. The van der Waals surface area contributed by atoms with E-state index in [-0.39, 0.29) is 6.61 Å². The molecule has 3 nitrogen and oxygen atoms in total. The summed E-state index contributed by atoms with van der Waals surface area (Å²) in [4.78, 5) is 4.19. The Balaban J connectivity index is 2.60. The quantitative estimate of drug-likeness (QED) is 0.880. The fourth-order valence-electron chi connectivity index (χ4n) is 1.57. The Kier molecular flexibility index (Phi) is 3.52. The van der Waals surface area contributed by atoms with Crippen molar-refractivity contribution in [3.63, 3.8) is 0 Å². The molecule has 2 rings (SSSR count). The second-order valence-corrected chi connectivity index (χ2v) is 4.42. The molecule has 0 aliphatic heterocycles. The normalized spacial score (nSPS) is 10.5.